The van der Waals surface area contributed by atoms with Crippen molar-refractivity contribution < 1.29 is 20.4 Å². The van der Waals surface area contributed by atoms with Gasteiger partial charge in [0.1, 0.15) is 23.0 Å². The van der Waals surface area contributed by atoms with Crippen LogP contribution in [0.15, 0.2) is 72.8 Å². The van der Waals surface area contributed by atoms with E-state index in [2.05, 4.69) is 55.2 Å². The molecule has 0 unspecified atom stereocenters. The highest BCUT2D eigenvalue weighted by Gasteiger charge is 2.23. The Labute approximate surface area is 296 Å². The molecule has 1 aromatic heterocycles. The number of hydrogen-bond donors (Lipinski definition) is 5. The van der Waals surface area contributed by atoms with Gasteiger partial charge in [0.2, 0.25) is 0 Å². The lowest BCUT2D eigenvalue weighted by molar-refractivity contribution is 0.457. The lowest BCUT2D eigenvalue weighted by atomic mass is 9.78. The summed E-state index contributed by atoms with van der Waals surface area (Å²) >= 11 is 0. The molecule has 0 saturated carbocycles. The molecule has 260 valence electrons. The van der Waals surface area contributed by atoms with Crippen molar-refractivity contribution in [3.63, 3.8) is 0 Å². The fourth-order valence-corrected chi connectivity index (χ4v) is 7.00. The number of rotatable bonds is 6. The smallest absolute Gasteiger partial charge is 0.121 e. The van der Waals surface area contributed by atoms with E-state index in [-0.39, 0.29) is 5.41 Å². The molecule has 6 aromatic rings. The maximum Gasteiger partial charge on any atom is 0.121 e. The van der Waals surface area contributed by atoms with Crippen molar-refractivity contribution in [2.45, 2.75) is 87.5 Å². The van der Waals surface area contributed by atoms with Crippen LogP contribution < -0.4 is 0 Å². The van der Waals surface area contributed by atoms with Crippen LogP contribution in [-0.4, -0.2) is 25.4 Å². The minimum Gasteiger partial charge on any atom is -0.507 e. The first-order valence-electron chi connectivity index (χ1n) is 17.3. The summed E-state index contributed by atoms with van der Waals surface area (Å²) in [6.45, 7) is 20.0. The highest BCUT2D eigenvalue weighted by atomic mass is 16.3. The van der Waals surface area contributed by atoms with Crippen LogP contribution in [-0.2, 0) is 11.8 Å². The Bertz CT molecular complexity index is 2130. The first kappa shape index (κ1) is 36.1. The number of H-pyrrole nitrogens is 1. The van der Waals surface area contributed by atoms with Crippen molar-refractivity contribution in [3.05, 3.63) is 128 Å². The molecule has 5 aromatic carbocycles. The average molecular weight is 670 g/mol. The van der Waals surface area contributed by atoms with Gasteiger partial charge in [-0.3, -0.25) is 0 Å². The zero-order valence-electron chi connectivity index (χ0n) is 31.1. The van der Waals surface area contributed by atoms with Gasteiger partial charge in [-0.05, 0) is 171 Å². The Balaban J connectivity index is 0.000000197. The van der Waals surface area contributed by atoms with Crippen LogP contribution in [0.25, 0.3) is 33.3 Å². The van der Waals surface area contributed by atoms with Gasteiger partial charge in [-0.25, -0.2) is 0 Å². The van der Waals surface area contributed by atoms with Gasteiger partial charge in [-0.2, -0.15) is 0 Å². The second kappa shape index (κ2) is 14.0. The van der Waals surface area contributed by atoms with E-state index in [1.54, 1.807) is 0 Å². The molecule has 50 heavy (non-hydrogen) atoms. The minimum atomic E-state index is 0.0307. The van der Waals surface area contributed by atoms with Crippen LogP contribution in [0.1, 0.15) is 75.9 Å². The monoisotopic (exact) mass is 669 g/mol. The molecule has 0 fully saturated rings. The number of hydrogen-bond acceptors (Lipinski definition) is 4. The van der Waals surface area contributed by atoms with E-state index in [9.17, 15) is 20.4 Å². The number of phenolic OH excluding ortho intramolecular Hbond substituents is 4. The molecule has 0 aliphatic carbocycles. The van der Waals surface area contributed by atoms with E-state index < -0.39 is 0 Å². The molecule has 6 rings (SSSR count). The van der Waals surface area contributed by atoms with E-state index in [0.717, 1.165) is 90.6 Å². The van der Waals surface area contributed by atoms with Gasteiger partial charge in [-0.15, -0.1) is 0 Å². The van der Waals surface area contributed by atoms with E-state index in [1.165, 1.54) is 11.1 Å². The number of phenols is 4. The molecule has 5 heteroatoms. The van der Waals surface area contributed by atoms with E-state index in [0.29, 0.717) is 23.0 Å². The topological polar surface area (TPSA) is 96.7 Å². The highest BCUT2D eigenvalue weighted by molar-refractivity contribution is 6.04. The van der Waals surface area contributed by atoms with Gasteiger partial charge in [0.15, 0.2) is 0 Å². The first-order chi connectivity index (χ1) is 23.5. The van der Waals surface area contributed by atoms with Gasteiger partial charge in [0, 0.05) is 16.5 Å². The third-order valence-corrected chi connectivity index (χ3v) is 10.1. The number of aromatic nitrogens is 1. The summed E-state index contributed by atoms with van der Waals surface area (Å²) in [6, 6.07) is 24.7. The molecule has 0 saturated heterocycles. The predicted octanol–water partition coefficient (Wildman–Crippen LogP) is 11.4. The number of aromatic hydroxyl groups is 4. The molecule has 0 aliphatic heterocycles. The van der Waals surface area contributed by atoms with Gasteiger partial charge in [0.05, 0.1) is 5.69 Å². The van der Waals surface area contributed by atoms with Crippen LogP contribution in [0.5, 0.6) is 23.0 Å². The third-order valence-electron chi connectivity index (χ3n) is 10.1. The van der Waals surface area contributed by atoms with Gasteiger partial charge in [-0.1, -0.05) is 56.3 Å². The van der Waals surface area contributed by atoms with Crippen molar-refractivity contribution in [1.82, 2.24) is 4.98 Å². The highest BCUT2D eigenvalue weighted by Crippen LogP contribution is 2.42. The minimum absolute atomic E-state index is 0.0307. The van der Waals surface area contributed by atoms with E-state index in [1.807, 2.05) is 91.8 Å². The SMILES string of the molecule is Cc1cc(-c2[nH]c3ccccc3c2-c2cc(C)c(O)c(C)c2)cc(C)c1O.Cc1cc(CCC(C)(C)c2cc(C)c(O)c(C)c2)cc(C)c1O. The summed E-state index contributed by atoms with van der Waals surface area (Å²) in [5.74, 6) is 1.48. The summed E-state index contributed by atoms with van der Waals surface area (Å²) in [5, 5.41) is 41.4. The Morgan fingerprint density at radius 1 is 0.520 bits per heavy atom. The van der Waals surface area contributed by atoms with Crippen molar-refractivity contribution in [2.24, 2.45) is 0 Å². The van der Waals surface area contributed by atoms with Crippen LogP contribution in [0.2, 0.25) is 0 Å². The number of aryl methyl sites for hydroxylation is 9. The summed E-state index contributed by atoms with van der Waals surface area (Å²) in [5.41, 5.74) is 15.0. The Hall–Kier alpha value is -5.16. The third kappa shape index (κ3) is 7.23. The molecule has 0 bridgehead atoms. The lowest BCUT2D eigenvalue weighted by Gasteiger charge is -2.27. The van der Waals surface area contributed by atoms with Crippen LogP contribution in [0.4, 0.5) is 0 Å². The molecule has 5 nitrogen and oxygen atoms in total. The van der Waals surface area contributed by atoms with Crippen molar-refractivity contribution in [1.29, 1.82) is 0 Å². The van der Waals surface area contributed by atoms with Gasteiger partial charge >= 0.3 is 0 Å². The summed E-state index contributed by atoms with van der Waals surface area (Å²) in [4.78, 5) is 3.56. The predicted molar refractivity (Wildman–Crippen MR) is 208 cm³/mol. The standard InChI is InChI=1S/C24H23NO2.C21H28O2/c1-13-9-17(10-14(2)23(13)26)21-19-7-5-6-8-20(19)25-22(21)18-11-15(3)24(27)16(4)12-18;1-13-9-17(10-14(2)19(13)22)7-8-21(5,6)18-11-15(3)20(23)16(4)12-18/h5-12,25-27H,1-4H3;9-12,22-23H,7-8H2,1-6H3. The summed E-state index contributed by atoms with van der Waals surface area (Å²) < 4.78 is 0. The molecule has 0 radical (unpaired) electrons. The quantitative estimate of drug-likeness (QED) is 0.122. The molecule has 0 amide bonds. The van der Waals surface area contributed by atoms with Gasteiger partial charge in [0.25, 0.3) is 0 Å². The van der Waals surface area contributed by atoms with Crippen molar-refractivity contribution in [3.8, 4) is 45.4 Å². The molecule has 0 spiro atoms. The Morgan fingerprint density at radius 2 is 0.920 bits per heavy atom. The normalized spacial score (nSPS) is 11.5. The van der Waals surface area contributed by atoms with E-state index >= 15 is 0 Å². The van der Waals surface area contributed by atoms with Crippen LogP contribution >= 0.6 is 0 Å². The number of aromatic amines is 1. The molecule has 1 heterocycles. The lowest BCUT2D eigenvalue weighted by Crippen LogP contribution is -2.18. The Kier molecular flexibility index (Phi) is 10.1. The zero-order valence-corrected chi connectivity index (χ0v) is 31.1. The molecule has 5 N–H and O–H groups in total. The number of nitrogens with one attached hydrogen (secondary N) is 1. The molecule has 0 atom stereocenters. The second-order valence-electron chi connectivity index (χ2n) is 14.8. The fraction of sp³-hybridized carbons (Fsp3) is 0.289. The number of para-hydroxylation sites is 1. The van der Waals surface area contributed by atoms with E-state index in [4.69, 9.17) is 0 Å². The zero-order chi connectivity index (χ0) is 36.7. The largest absolute Gasteiger partial charge is 0.507 e. The summed E-state index contributed by atoms with van der Waals surface area (Å²) in [7, 11) is 0. The maximum atomic E-state index is 10.2. The second-order valence-corrected chi connectivity index (χ2v) is 14.8. The maximum absolute atomic E-state index is 10.2. The van der Waals surface area contributed by atoms with Gasteiger partial charge < -0.3 is 25.4 Å². The van der Waals surface area contributed by atoms with Crippen molar-refractivity contribution >= 4 is 10.9 Å². The average Bonchev–Trinajstić information content (AvgIpc) is 3.46. The van der Waals surface area contributed by atoms with Crippen LogP contribution in [0.3, 0.4) is 0 Å². The number of fused-ring (bicyclic) bond motifs is 1. The van der Waals surface area contributed by atoms with Crippen LogP contribution in [0, 0.1) is 55.4 Å². The summed E-state index contributed by atoms with van der Waals surface area (Å²) in [6.07, 6.45) is 1.98. The molecule has 0 aliphatic rings. The fourth-order valence-electron chi connectivity index (χ4n) is 7.00. The molecular formula is C45H51NO4. The Morgan fingerprint density at radius 3 is 1.40 bits per heavy atom. The first-order valence-corrected chi connectivity index (χ1v) is 17.3. The molecular weight excluding hydrogens is 618 g/mol. The van der Waals surface area contributed by atoms with Crippen molar-refractivity contribution in [2.75, 3.05) is 0 Å². The number of benzene rings is 5.